The van der Waals surface area contributed by atoms with E-state index in [0.717, 1.165) is 22.0 Å². The number of halogens is 1. The third-order valence-corrected chi connectivity index (χ3v) is 3.15. The van der Waals surface area contributed by atoms with Crippen LogP contribution >= 0.6 is 15.9 Å². The smallest absolute Gasteiger partial charge is 0.119 e. The van der Waals surface area contributed by atoms with E-state index in [9.17, 15) is 0 Å². The van der Waals surface area contributed by atoms with Gasteiger partial charge in [-0.3, -0.25) is 4.68 Å². The zero-order valence-corrected chi connectivity index (χ0v) is 11.3. The monoisotopic (exact) mass is 282 g/mol. The van der Waals surface area contributed by atoms with Gasteiger partial charge in [-0.15, -0.1) is 0 Å². The number of aromatic nitrogens is 2. The number of methoxy groups -OCH3 is 1. The van der Waals surface area contributed by atoms with Crippen LogP contribution in [0.15, 0.2) is 18.2 Å². The Morgan fingerprint density at radius 1 is 1.44 bits per heavy atom. The highest BCUT2D eigenvalue weighted by Crippen LogP contribution is 2.27. The molecule has 4 heteroatoms. The number of rotatable bonds is 3. The molecule has 86 valence electrons. The molecule has 1 aromatic carbocycles. The Morgan fingerprint density at radius 3 is 2.75 bits per heavy atom. The van der Waals surface area contributed by atoms with Crippen molar-refractivity contribution in [2.24, 2.45) is 0 Å². The zero-order valence-electron chi connectivity index (χ0n) is 9.70. The maximum atomic E-state index is 5.24. The molecule has 0 amide bonds. The lowest BCUT2D eigenvalue weighted by Gasteiger charge is -2.08. The first-order chi connectivity index (χ1) is 7.67. The van der Waals surface area contributed by atoms with Crippen LogP contribution in [0.1, 0.15) is 25.6 Å². The Labute approximate surface area is 104 Å². The molecule has 2 rings (SSSR count). The molecule has 0 aliphatic rings. The van der Waals surface area contributed by atoms with Gasteiger partial charge in [0.05, 0.1) is 18.3 Å². The molecule has 0 fully saturated rings. The van der Waals surface area contributed by atoms with E-state index in [2.05, 4.69) is 39.6 Å². The van der Waals surface area contributed by atoms with Crippen molar-refractivity contribution in [2.45, 2.75) is 25.2 Å². The van der Waals surface area contributed by atoms with E-state index in [0.29, 0.717) is 6.04 Å². The molecule has 0 atom stereocenters. The third-order valence-electron chi connectivity index (χ3n) is 2.62. The molecule has 2 aromatic rings. The highest BCUT2D eigenvalue weighted by atomic mass is 79.9. The fourth-order valence-electron chi connectivity index (χ4n) is 1.82. The van der Waals surface area contributed by atoms with Crippen LogP contribution in [0.4, 0.5) is 0 Å². The normalized spacial score (nSPS) is 11.3. The summed E-state index contributed by atoms with van der Waals surface area (Å²) in [5.41, 5.74) is 2.22. The van der Waals surface area contributed by atoms with Crippen LogP contribution in [0, 0.1) is 0 Å². The van der Waals surface area contributed by atoms with E-state index >= 15 is 0 Å². The fraction of sp³-hybridized carbons (Fsp3) is 0.417. The van der Waals surface area contributed by atoms with Gasteiger partial charge in [0.15, 0.2) is 0 Å². The number of hydrogen-bond acceptors (Lipinski definition) is 2. The number of fused-ring (bicyclic) bond motifs is 1. The van der Waals surface area contributed by atoms with Gasteiger partial charge in [-0.05, 0) is 32.0 Å². The van der Waals surface area contributed by atoms with Crippen LogP contribution in [0.25, 0.3) is 10.9 Å². The molecule has 3 nitrogen and oxygen atoms in total. The summed E-state index contributed by atoms with van der Waals surface area (Å²) in [7, 11) is 1.68. The second-order valence-electron chi connectivity index (χ2n) is 4.00. The minimum absolute atomic E-state index is 0.367. The topological polar surface area (TPSA) is 27.1 Å². The third kappa shape index (κ3) is 1.82. The average Bonchev–Trinajstić information content (AvgIpc) is 2.66. The largest absolute Gasteiger partial charge is 0.497 e. The molecule has 1 aromatic heterocycles. The van der Waals surface area contributed by atoms with Crippen LogP contribution in [0.3, 0.4) is 0 Å². The first-order valence-corrected chi connectivity index (χ1v) is 6.40. The Bertz CT molecular complexity index is 505. The minimum atomic E-state index is 0.367. The molecule has 0 spiro atoms. The van der Waals surface area contributed by atoms with E-state index < -0.39 is 0 Å². The maximum Gasteiger partial charge on any atom is 0.119 e. The van der Waals surface area contributed by atoms with Gasteiger partial charge < -0.3 is 4.74 Å². The number of nitrogens with zero attached hydrogens (tertiary/aromatic N) is 2. The van der Waals surface area contributed by atoms with Crippen LogP contribution < -0.4 is 4.74 Å². The van der Waals surface area contributed by atoms with Crippen LogP contribution in [0.5, 0.6) is 5.75 Å². The molecule has 16 heavy (non-hydrogen) atoms. The van der Waals surface area contributed by atoms with Crippen LogP contribution in [0.2, 0.25) is 0 Å². The second kappa shape index (κ2) is 4.45. The Hall–Kier alpha value is -1.03. The predicted molar refractivity (Wildman–Crippen MR) is 69.3 cm³/mol. The molecular formula is C12H15BrN2O. The van der Waals surface area contributed by atoms with Crippen LogP contribution in [-0.4, -0.2) is 16.9 Å². The van der Waals surface area contributed by atoms with Gasteiger partial charge in [-0.1, -0.05) is 15.9 Å². The van der Waals surface area contributed by atoms with E-state index in [-0.39, 0.29) is 0 Å². The van der Waals surface area contributed by atoms with Crippen molar-refractivity contribution in [3.63, 3.8) is 0 Å². The van der Waals surface area contributed by atoms with Crippen molar-refractivity contribution < 1.29 is 4.74 Å². The van der Waals surface area contributed by atoms with Crippen molar-refractivity contribution >= 4 is 26.8 Å². The summed E-state index contributed by atoms with van der Waals surface area (Å²) >= 11 is 3.52. The summed E-state index contributed by atoms with van der Waals surface area (Å²) < 4.78 is 7.29. The van der Waals surface area contributed by atoms with Crippen molar-refractivity contribution in [1.29, 1.82) is 0 Å². The molecule has 0 aliphatic carbocycles. The summed E-state index contributed by atoms with van der Waals surface area (Å²) in [4.78, 5) is 0. The molecule has 0 aliphatic heterocycles. The van der Waals surface area contributed by atoms with E-state index in [1.54, 1.807) is 7.11 Å². The summed E-state index contributed by atoms with van der Waals surface area (Å²) in [6.45, 7) is 4.27. The van der Waals surface area contributed by atoms with Gasteiger partial charge >= 0.3 is 0 Å². The molecule has 1 heterocycles. The molecule has 0 N–H and O–H groups in total. The molecular weight excluding hydrogens is 268 g/mol. The van der Waals surface area contributed by atoms with Crippen molar-refractivity contribution in [2.75, 3.05) is 7.11 Å². The summed E-state index contributed by atoms with van der Waals surface area (Å²) in [6.07, 6.45) is 0. The van der Waals surface area contributed by atoms with Gasteiger partial charge in [0.1, 0.15) is 5.75 Å². The number of benzene rings is 1. The highest BCUT2D eigenvalue weighted by molar-refractivity contribution is 9.08. The van der Waals surface area contributed by atoms with Crippen molar-refractivity contribution in [1.82, 2.24) is 9.78 Å². The molecule has 0 saturated heterocycles. The Morgan fingerprint density at radius 2 is 2.19 bits per heavy atom. The van der Waals surface area contributed by atoms with Crippen molar-refractivity contribution in [3.05, 3.63) is 23.9 Å². The first kappa shape index (κ1) is 11.5. The summed E-state index contributed by atoms with van der Waals surface area (Å²) in [6, 6.07) is 6.35. The van der Waals surface area contributed by atoms with Gasteiger partial charge in [0.2, 0.25) is 0 Å². The van der Waals surface area contributed by atoms with Gasteiger partial charge in [0, 0.05) is 16.8 Å². The molecule has 0 bridgehead atoms. The average molecular weight is 283 g/mol. The predicted octanol–water partition coefficient (Wildman–Crippen LogP) is 3.52. The lowest BCUT2D eigenvalue weighted by Crippen LogP contribution is -2.05. The van der Waals surface area contributed by atoms with E-state index in [4.69, 9.17) is 4.74 Å². The minimum Gasteiger partial charge on any atom is -0.497 e. The molecule has 0 unspecified atom stereocenters. The van der Waals surface area contributed by atoms with Crippen molar-refractivity contribution in [3.8, 4) is 5.75 Å². The summed E-state index contributed by atoms with van der Waals surface area (Å²) in [5, 5.41) is 6.55. The maximum absolute atomic E-state index is 5.24. The van der Waals surface area contributed by atoms with E-state index in [1.807, 2.05) is 18.2 Å². The summed E-state index contributed by atoms with van der Waals surface area (Å²) in [5.74, 6) is 0.873. The number of ether oxygens (including phenoxy) is 1. The molecule has 0 saturated carbocycles. The number of alkyl halides is 1. The van der Waals surface area contributed by atoms with E-state index in [1.165, 1.54) is 5.69 Å². The number of hydrogen-bond donors (Lipinski definition) is 0. The second-order valence-corrected chi connectivity index (χ2v) is 4.56. The standard InChI is InChI=1S/C12H15BrN2O/c1-8(2)15-12(7-13)10-6-9(16-3)4-5-11(10)14-15/h4-6,8H,7H2,1-3H3. The zero-order chi connectivity index (χ0) is 11.7. The van der Waals surface area contributed by atoms with Gasteiger partial charge in [-0.25, -0.2) is 0 Å². The molecule has 0 radical (unpaired) electrons. The fourth-order valence-corrected chi connectivity index (χ4v) is 2.38. The van der Waals surface area contributed by atoms with Gasteiger partial charge in [-0.2, -0.15) is 5.10 Å². The van der Waals surface area contributed by atoms with Gasteiger partial charge in [0.25, 0.3) is 0 Å². The Kier molecular flexibility index (Phi) is 3.19. The lowest BCUT2D eigenvalue weighted by atomic mass is 10.2. The lowest BCUT2D eigenvalue weighted by molar-refractivity contribution is 0.415. The quantitative estimate of drug-likeness (QED) is 0.806. The Balaban J connectivity index is 2.68. The first-order valence-electron chi connectivity index (χ1n) is 5.28. The van der Waals surface area contributed by atoms with Crippen LogP contribution in [-0.2, 0) is 5.33 Å². The highest BCUT2D eigenvalue weighted by Gasteiger charge is 2.12. The SMILES string of the molecule is COc1ccc2nn(C(C)C)c(CBr)c2c1.